The highest BCUT2D eigenvalue weighted by Gasteiger charge is 2.25. The molecule has 1 heterocycles. The molecule has 0 saturated heterocycles. The van der Waals surface area contributed by atoms with Crippen LogP contribution in [-0.2, 0) is 0 Å². The lowest BCUT2D eigenvalue weighted by Crippen LogP contribution is -2.32. The van der Waals surface area contributed by atoms with Crippen LogP contribution in [0, 0.1) is 0 Å². The highest BCUT2D eigenvalue weighted by atomic mass is 32.2. The number of rotatable bonds is 4. The summed E-state index contributed by atoms with van der Waals surface area (Å²) < 4.78 is 10.4. The molecule has 0 spiro atoms. The van der Waals surface area contributed by atoms with Crippen molar-refractivity contribution in [1.29, 1.82) is 0 Å². The molecule has 1 amide bonds. The van der Waals surface area contributed by atoms with E-state index in [0.717, 1.165) is 10.9 Å². The molecule has 0 aromatic heterocycles. The Hall–Kier alpha value is -1.69. The molecule has 2 rings (SSSR count). The molecule has 1 aliphatic heterocycles. The molecule has 0 atom stereocenters. The maximum absolute atomic E-state index is 12.6. The maximum Gasteiger partial charge on any atom is 0.260 e. The summed E-state index contributed by atoms with van der Waals surface area (Å²) in [5, 5.41) is 0.791. The summed E-state index contributed by atoms with van der Waals surface area (Å²) in [6.07, 6.45) is 0. The molecule has 0 N–H and O–H groups in total. The fraction of sp³-hybridized carbons (Fsp3) is 0.429. The lowest BCUT2D eigenvalue weighted by Gasteiger charge is -2.18. The van der Waals surface area contributed by atoms with E-state index in [1.165, 1.54) is 0 Å². The first-order valence-corrected chi connectivity index (χ1v) is 7.40. The third-order valence-corrected chi connectivity index (χ3v) is 3.81. The Morgan fingerprint density at radius 1 is 1.30 bits per heavy atom. The molecular weight excluding hydrogens is 276 g/mol. The predicted molar refractivity (Wildman–Crippen MR) is 81.0 cm³/mol. The molecule has 0 unspecified atom stereocenters. The normalized spacial score (nSPS) is 14.2. The van der Waals surface area contributed by atoms with Gasteiger partial charge in [0.1, 0.15) is 11.5 Å². The summed E-state index contributed by atoms with van der Waals surface area (Å²) in [6, 6.07) is 5.19. The van der Waals surface area contributed by atoms with Crippen LogP contribution < -0.4 is 9.47 Å². The third kappa shape index (κ3) is 3.07. The van der Waals surface area contributed by atoms with Gasteiger partial charge in [0, 0.05) is 18.2 Å². The first kappa shape index (κ1) is 14.7. The van der Waals surface area contributed by atoms with Gasteiger partial charge in [0.2, 0.25) is 0 Å². The van der Waals surface area contributed by atoms with Crippen molar-refractivity contribution in [3.8, 4) is 11.5 Å². The molecule has 108 valence electrons. The van der Waals surface area contributed by atoms with E-state index in [1.54, 1.807) is 49.1 Å². The number of amidine groups is 1. The number of carbonyl (C=O) groups excluding carboxylic acids is 1. The smallest absolute Gasteiger partial charge is 0.260 e. The molecular formula is C14H18N2O3S. The molecule has 1 aromatic carbocycles. The summed E-state index contributed by atoms with van der Waals surface area (Å²) in [5.74, 6) is 2.03. The molecule has 0 aliphatic carbocycles. The lowest BCUT2D eigenvalue weighted by molar-refractivity contribution is 0.0860. The maximum atomic E-state index is 12.6. The fourth-order valence-electron chi connectivity index (χ4n) is 1.95. The number of hydrogen-bond donors (Lipinski definition) is 0. The number of benzene rings is 1. The summed E-state index contributed by atoms with van der Waals surface area (Å²) >= 11 is 1.58. The summed E-state index contributed by atoms with van der Waals surface area (Å²) in [4.78, 5) is 18.7. The average molecular weight is 294 g/mol. The Balaban J connectivity index is 2.26. The van der Waals surface area contributed by atoms with Crippen LogP contribution in [-0.4, -0.2) is 49.0 Å². The van der Waals surface area contributed by atoms with Gasteiger partial charge in [0.25, 0.3) is 5.91 Å². The van der Waals surface area contributed by atoms with Crippen LogP contribution in [0.15, 0.2) is 23.2 Å². The predicted octanol–water partition coefficient (Wildman–Crippen LogP) is 2.27. The van der Waals surface area contributed by atoms with Crippen molar-refractivity contribution in [2.75, 3.05) is 33.1 Å². The minimum atomic E-state index is -0.0700. The minimum absolute atomic E-state index is 0.0700. The Labute approximate surface area is 123 Å². The number of thioether (sulfide) groups is 1. The second-order valence-corrected chi connectivity index (χ2v) is 5.39. The van der Waals surface area contributed by atoms with E-state index in [9.17, 15) is 4.79 Å². The number of nitrogens with zero attached hydrogens (tertiary/aromatic N) is 2. The molecule has 6 heteroatoms. The number of methoxy groups -OCH3 is 2. The van der Waals surface area contributed by atoms with Gasteiger partial charge in [-0.1, -0.05) is 18.7 Å². The Kier molecular flexibility index (Phi) is 4.89. The number of aliphatic imine (C=N–C) groups is 1. The number of hydrogen-bond acceptors (Lipinski definition) is 5. The molecule has 1 aromatic rings. The average Bonchev–Trinajstić information content (AvgIpc) is 2.94. The molecule has 0 bridgehead atoms. The standard InChI is InChI=1S/C14H18N2O3S/c1-4-20-14-15-5-6-16(14)13(17)10-7-11(18-2)9-12(8-10)19-3/h7-9H,4-6H2,1-3H3. The monoisotopic (exact) mass is 294 g/mol. The van der Waals surface area contributed by atoms with E-state index in [-0.39, 0.29) is 5.91 Å². The van der Waals surface area contributed by atoms with Gasteiger partial charge < -0.3 is 9.47 Å². The van der Waals surface area contributed by atoms with E-state index in [4.69, 9.17) is 9.47 Å². The van der Waals surface area contributed by atoms with Crippen molar-refractivity contribution in [3.63, 3.8) is 0 Å². The van der Waals surface area contributed by atoms with Crippen LogP contribution >= 0.6 is 11.8 Å². The first-order valence-electron chi connectivity index (χ1n) is 6.41. The molecule has 20 heavy (non-hydrogen) atoms. The van der Waals surface area contributed by atoms with Crippen molar-refractivity contribution >= 4 is 22.8 Å². The van der Waals surface area contributed by atoms with Crippen LogP contribution in [0.3, 0.4) is 0 Å². The Bertz CT molecular complexity index is 509. The SMILES string of the molecule is CCSC1=NCCN1C(=O)c1cc(OC)cc(OC)c1. The van der Waals surface area contributed by atoms with Gasteiger partial charge >= 0.3 is 0 Å². The van der Waals surface area contributed by atoms with Crippen molar-refractivity contribution in [1.82, 2.24) is 4.90 Å². The first-order chi connectivity index (χ1) is 9.69. The van der Waals surface area contributed by atoms with Crippen LogP contribution in [0.2, 0.25) is 0 Å². The number of ether oxygens (including phenoxy) is 2. The topological polar surface area (TPSA) is 51.1 Å². The van der Waals surface area contributed by atoms with Gasteiger partial charge in [-0.2, -0.15) is 0 Å². The van der Waals surface area contributed by atoms with Crippen molar-refractivity contribution in [2.24, 2.45) is 4.99 Å². The van der Waals surface area contributed by atoms with Crippen molar-refractivity contribution in [2.45, 2.75) is 6.92 Å². The van der Waals surface area contributed by atoms with E-state index in [1.807, 2.05) is 6.92 Å². The lowest BCUT2D eigenvalue weighted by atomic mass is 10.1. The molecule has 0 radical (unpaired) electrons. The zero-order valence-corrected chi connectivity index (χ0v) is 12.7. The highest BCUT2D eigenvalue weighted by Crippen LogP contribution is 2.25. The number of carbonyl (C=O) groups is 1. The van der Waals surface area contributed by atoms with Gasteiger partial charge in [-0.05, 0) is 17.9 Å². The van der Waals surface area contributed by atoms with Crippen LogP contribution in [0.4, 0.5) is 0 Å². The van der Waals surface area contributed by atoms with E-state index in [2.05, 4.69) is 4.99 Å². The third-order valence-electron chi connectivity index (χ3n) is 2.92. The zero-order chi connectivity index (χ0) is 14.5. The molecule has 5 nitrogen and oxygen atoms in total. The van der Waals surface area contributed by atoms with Gasteiger partial charge in [0.15, 0.2) is 5.17 Å². The van der Waals surface area contributed by atoms with E-state index in [0.29, 0.717) is 30.2 Å². The Morgan fingerprint density at radius 2 is 1.95 bits per heavy atom. The molecule has 1 aliphatic rings. The quantitative estimate of drug-likeness (QED) is 0.855. The van der Waals surface area contributed by atoms with Gasteiger partial charge in [-0.25, -0.2) is 0 Å². The van der Waals surface area contributed by atoms with Crippen molar-refractivity contribution < 1.29 is 14.3 Å². The van der Waals surface area contributed by atoms with Crippen LogP contribution in [0.25, 0.3) is 0 Å². The largest absolute Gasteiger partial charge is 0.497 e. The zero-order valence-electron chi connectivity index (χ0n) is 11.9. The van der Waals surface area contributed by atoms with E-state index >= 15 is 0 Å². The number of amides is 1. The second kappa shape index (κ2) is 6.65. The van der Waals surface area contributed by atoms with Crippen LogP contribution in [0.1, 0.15) is 17.3 Å². The van der Waals surface area contributed by atoms with Gasteiger partial charge in [-0.15, -0.1) is 0 Å². The summed E-state index contributed by atoms with van der Waals surface area (Å²) in [7, 11) is 3.14. The fourth-order valence-corrected chi connectivity index (χ4v) is 2.73. The van der Waals surface area contributed by atoms with Gasteiger partial charge in [-0.3, -0.25) is 14.7 Å². The van der Waals surface area contributed by atoms with Gasteiger partial charge in [0.05, 0.1) is 20.8 Å². The summed E-state index contributed by atoms with van der Waals surface area (Å²) in [6.45, 7) is 3.33. The Morgan fingerprint density at radius 3 is 2.50 bits per heavy atom. The minimum Gasteiger partial charge on any atom is -0.497 e. The molecule has 0 fully saturated rings. The highest BCUT2D eigenvalue weighted by molar-refractivity contribution is 8.13. The summed E-state index contributed by atoms with van der Waals surface area (Å²) in [5.41, 5.74) is 0.549. The van der Waals surface area contributed by atoms with Crippen molar-refractivity contribution in [3.05, 3.63) is 23.8 Å². The molecule has 0 saturated carbocycles. The second-order valence-electron chi connectivity index (χ2n) is 4.16. The van der Waals surface area contributed by atoms with Crippen LogP contribution in [0.5, 0.6) is 11.5 Å². The van der Waals surface area contributed by atoms with E-state index < -0.39 is 0 Å².